The molecule has 2 unspecified atom stereocenters. The van der Waals surface area contributed by atoms with Gasteiger partial charge >= 0.3 is 0 Å². The molecule has 0 bridgehead atoms. The molecule has 2 N–H and O–H groups in total. The second-order valence-corrected chi connectivity index (χ2v) is 4.32. The number of benzene rings is 1. The molecule has 16 heavy (non-hydrogen) atoms. The Labute approximate surface area is 96.2 Å². The quantitative estimate of drug-likeness (QED) is 0.785. The fourth-order valence-corrected chi connectivity index (χ4v) is 2.37. The Hall–Kier alpha value is -1.35. The molecule has 1 aliphatic heterocycles. The van der Waals surface area contributed by atoms with E-state index < -0.39 is 0 Å². The van der Waals surface area contributed by atoms with E-state index in [1.54, 1.807) is 6.92 Å². The van der Waals surface area contributed by atoms with Crippen molar-refractivity contribution in [2.24, 2.45) is 0 Å². The van der Waals surface area contributed by atoms with Crippen molar-refractivity contribution < 1.29 is 4.79 Å². The van der Waals surface area contributed by atoms with Crippen LogP contribution in [0.4, 0.5) is 0 Å². The van der Waals surface area contributed by atoms with E-state index in [1.165, 1.54) is 5.56 Å². The first-order chi connectivity index (χ1) is 7.77. The Morgan fingerprint density at radius 2 is 2.12 bits per heavy atom. The van der Waals surface area contributed by atoms with Crippen LogP contribution < -0.4 is 10.6 Å². The highest BCUT2D eigenvalue weighted by molar-refractivity contribution is 5.73. The van der Waals surface area contributed by atoms with Gasteiger partial charge in [-0.1, -0.05) is 30.3 Å². The van der Waals surface area contributed by atoms with Crippen LogP contribution in [-0.2, 0) is 4.79 Å². The highest BCUT2D eigenvalue weighted by Crippen LogP contribution is 2.25. The van der Waals surface area contributed by atoms with Gasteiger partial charge in [-0.3, -0.25) is 4.79 Å². The summed E-state index contributed by atoms with van der Waals surface area (Å²) in [5.41, 5.74) is 1.32. The lowest BCUT2D eigenvalue weighted by Gasteiger charge is -2.32. The first-order valence-corrected chi connectivity index (χ1v) is 5.80. The normalized spacial score (nSPS) is 25.1. The summed E-state index contributed by atoms with van der Waals surface area (Å²) in [4.78, 5) is 11.1. The lowest BCUT2D eigenvalue weighted by molar-refractivity contribution is -0.119. The summed E-state index contributed by atoms with van der Waals surface area (Å²) < 4.78 is 0. The van der Waals surface area contributed by atoms with E-state index in [4.69, 9.17) is 0 Å². The maximum absolute atomic E-state index is 11.1. The van der Waals surface area contributed by atoms with E-state index in [0.29, 0.717) is 5.92 Å². The smallest absolute Gasteiger partial charge is 0.217 e. The van der Waals surface area contributed by atoms with Gasteiger partial charge in [0.15, 0.2) is 0 Å². The minimum absolute atomic E-state index is 0.0506. The molecule has 1 aromatic carbocycles. The summed E-state index contributed by atoms with van der Waals surface area (Å²) in [7, 11) is 0. The van der Waals surface area contributed by atoms with Gasteiger partial charge in [-0.05, 0) is 18.5 Å². The molecule has 3 nitrogen and oxygen atoms in total. The van der Waals surface area contributed by atoms with Crippen molar-refractivity contribution in [1.29, 1.82) is 0 Å². The second kappa shape index (κ2) is 5.12. The number of hydrogen-bond acceptors (Lipinski definition) is 2. The maximum atomic E-state index is 11.1. The zero-order chi connectivity index (χ0) is 11.4. The van der Waals surface area contributed by atoms with Gasteiger partial charge in [0.2, 0.25) is 5.91 Å². The Bertz CT molecular complexity index is 350. The molecule has 1 fully saturated rings. The highest BCUT2D eigenvalue weighted by atomic mass is 16.1. The molecule has 86 valence electrons. The van der Waals surface area contributed by atoms with Gasteiger partial charge in [0.05, 0.1) is 0 Å². The number of nitrogens with one attached hydrogen (secondary N) is 2. The molecule has 0 aliphatic carbocycles. The molecule has 1 aromatic rings. The SMILES string of the molecule is CC(=O)NC1CNCCC1c1ccccc1. The van der Waals surface area contributed by atoms with Crippen molar-refractivity contribution in [3.8, 4) is 0 Å². The summed E-state index contributed by atoms with van der Waals surface area (Å²) in [6.07, 6.45) is 1.08. The van der Waals surface area contributed by atoms with E-state index >= 15 is 0 Å². The third kappa shape index (κ3) is 2.61. The summed E-state index contributed by atoms with van der Waals surface area (Å²) in [6.45, 7) is 3.46. The molecule has 1 aliphatic rings. The van der Waals surface area contributed by atoms with Crippen molar-refractivity contribution >= 4 is 5.91 Å². The van der Waals surface area contributed by atoms with Crippen LogP contribution >= 0.6 is 0 Å². The zero-order valence-corrected chi connectivity index (χ0v) is 9.57. The molecule has 1 heterocycles. The Morgan fingerprint density at radius 1 is 1.38 bits per heavy atom. The van der Waals surface area contributed by atoms with E-state index in [9.17, 15) is 4.79 Å². The molecular weight excluding hydrogens is 200 g/mol. The van der Waals surface area contributed by atoms with Gasteiger partial charge in [-0.25, -0.2) is 0 Å². The molecular formula is C13H18N2O. The largest absolute Gasteiger partial charge is 0.352 e. The van der Waals surface area contributed by atoms with Crippen LogP contribution in [0.15, 0.2) is 30.3 Å². The number of hydrogen-bond donors (Lipinski definition) is 2. The lowest BCUT2D eigenvalue weighted by Crippen LogP contribution is -2.49. The van der Waals surface area contributed by atoms with Gasteiger partial charge in [-0.15, -0.1) is 0 Å². The summed E-state index contributed by atoms with van der Waals surface area (Å²) in [5, 5.41) is 6.35. The van der Waals surface area contributed by atoms with Crippen LogP contribution in [0, 0.1) is 0 Å². The number of carbonyl (C=O) groups is 1. The van der Waals surface area contributed by atoms with Crippen molar-refractivity contribution in [2.45, 2.75) is 25.3 Å². The topological polar surface area (TPSA) is 41.1 Å². The number of rotatable bonds is 2. The average molecular weight is 218 g/mol. The molecule has 2 rings (SSSR count). The Balaban J connectivity index is 2.13. The van der Waals surface area contributed by atoms with Crippen molar-refractivity contribution in [3.05, 3.63) is 35.9 Å². The van der Waals surface area contributed by atoms with Crippen LogP contribution in [0.3, 0.4) is 0 Å². The predicted molar refractivity (Wildman–Crippen MR) is 64.3 cm³/mol. The fraction of sp³-hybridized carbons (Fsp3) is 0.462. The minimum Gasteiger partial charge on any atom is -0.352 e. The first-order valence-electron chi connectivity index (χ1n) is 5.80. The molecule has 1 saturated heterocycles. The molecule has 0 aromatic heterocycles. The highest BCUT2D eigenvalue weighted by Gasteiger charge is 2.26. The van der Waals surface area contributed by atoms with Crippen LogP contribution in [0.1, 0.15) is 24.8 Å². The first kappa shape index (κ1) is 11.1. The summed E-state index contributed by atoms with van der Waals surface area (Å²) in [6, 6.07) is 10.6. The van der Waals surface area contributed by atoms with E-state index in [-0.39, 0.29) is 11.9 Å². The Kier molecular flexibility index (Phi) is 3.57. The molecule has 1 amide bonds. The van der Waals surface area contributed by atoms with Crippen LogP contribution in [0.5, 0.6) is 0 Å². The second-order valence-electron chi connectivity index (χ2n) is 4.32. The standard InChI is InChI=1S/C13H18N2O/c1-10(16)15-13-9-14-8-7-12(13)11-5-3-2-4-6-11/h2-6,12-14H,7-9H2,1H3,(H,15,16). The average Bonchev–Trinajstić information content (AvgIpc) is 2.30. The number of amides is 1. The van der Waals surface area contributed by atoms with Gasteiger partial charge in [-0.2, -0.15) is 0 Å². The van der Waals surface area contributed by atoms with Gasteiger partial charge < -0.3 is 10.6 Å². The van der Waals surface area contributed by atoms with Gasteiger partial charge in [0, 0.05) is 25.4 Å². The van der Waals surface area contributed by atoms with Gasteiger partial charge in [0.1, 0.15) is 0 Å². The molecule has 3 heteroatoms. The minimum atomic E-state index is 0.0506. The van der Waals surface area contributed by atoms with Crippen molar-refractivity contribution in [1.82, 2.24) is 10.6 Å². The van der Waals surface area contributed by atoms with Crippen LogP contribution in [-0.4, -0.2) is 25.0 Å². The van der Waals surface area contributed by atoms with Gasteiger partial charge in [0.25, 0.3) is 0 Å². The fourth-order valence-electron chi connectivity index (χ4n) is 2.37. The summed E-state index contributed by atoms with van der Waals surface area (Å²) in [5.74, 6) is 0.487. The van der Waals surface area contributed by atoms with Crippen molar-refractivity contribution in [2.75, 3.05) is 13.1 Å². The van der Waals surface area contributed by atoms with E-state index in [2.05, 4.69) is 34.9 Å². The molecule has 2 atom stereocenters. The number of piperidine rings is 1. The molecule has 0 radical (unpaired) electrons. The van der Waals surface area contributed by atoms with Crippen LogP contribution in [0.2, 0.25) is 0 Å². The summed E-state index contributed by atoms with van der Waals surface area (Å²) >= 11 is 0. The monoisotopic (exact) mass is 218 g/mol. The van der Waals surface area contributed by atoms with E-state index in [0.717, 1.165) is 19.5 Å². The molecule has 0 saturated carbocycles. The predicted octanol–water partition coefficient (Wildman–Crippen LogP) is 1.27. The third-order valence-corrected chi connectivity index (χ3v) is 3.10. The Morgan fingerprint density at radius 3 is 2.81 bits per heavy atom. The maximum Gasteiger partial charge on any atom is 0.217 e. The zero-order valence-electron chi connectivity index (χ0n) is 9.57. The van der Waals surface area contributed by atoms with Crippen LogP contribution in [0.25, 0.3) is 0 Å². The lowest BCUT2D eigenvalue weighted by atomic mass is 9.86. The third-order valence-electron chi connectivity index (χ3n) is 3.10. The number of carbonyl (C=O) groups excluding carboxylic acids is 1. The molecule has 0 spiro atoms. The van der Waals surface area contributed by atoms with Crippen molar-refractivity contribution in [3.63, 3.8) is 0 Å². The van der Waals surface area contributed by atoms with E-state index in [1.807, 2.05) is 6.07 Å².